The zero-order valence-electron chi connectivity index (χ0n) is 6.64. The van der Waals surface area contributed by atoms with Gasteiger partial charge < -0.3 is 5.73 Å². The summed E-state index contributed by atoms with van der Waals surface area (Å²) in [7, 11) is 0. The van der Waals surface area contributed by atoms with E-state index in [1.165, 1.54) is 24.3 Å². The SMILES string of the molecule is Cl.NCc1ccc(C(F)(F)Cl)cc1. The highest BCUT2D eigenvalue weighted by Crippen LogP contribution is 2.31. The summed E-state index contributed by atoms with van der Waals surface area (Å²) in [4.78, 5) is 0. The first-order valence-electron chi connectivity index (χ1n) is 3.40. The molecule has 0 aliphatic rings. The Hall–Kier alpha value is -0.380. The monoisotopic (exact) mass is 227 g/mol. The van der Waals surface area contributed by atoms with E-state index < -0.39 is 5.38 Å². The van der Waals surface area contributed by atoms with Crippen LogP contribution in [0.3, 0.4) is 0 Å². The molecule has 0 unspecified atom stereocenters. The molecule has 0 saturated heterocycles. The van der Waals surface area contributed by atoms with Crippen molar-refractivity contribution in [2.24, 2.45) is 5.73 Å². The molecule has 1 rings (SSSR count). The van der Waals surface area contributed by atoms with Gasteiger partial charge in [-0.15, -0.1) is 12.4 Å². The van der Waals surface area contributed by atoms with Gasteiger partial charge in [0.25, 0.3) is 0 Å². The molecule has 0 bridgehead atoms. The van der Waals surface area contributed by atoms with Crippen LogP contribution in [0.1, 0.15) is 11.1 Å². The van der Waals surface area contributed by atoms with E-state index in [9.17, 15) is 8.78 Å². The summed E-state index contributed by atoms with van der Waals surface area (Å²) in [5.74, 6) is 0. The summed E-state index contributed by atoms with van der Waals surface area (Å²) < 4.78 is 24.8. The minimum absolute atomic E-state index is 0. The highest BCUT2D eigenvalue weighted by Gasteiger charge is 2.26. The summed E-state index contributed by atoms with van der Waals surface area (Å²) in [5.41, 5.74) is 5.89. The third kappa shape index (κ3) is 3.46. The van der Waals surface area contributed by atoms with Crippen molar-refractivity contribution >= 4 is 24.0 Å². The maximum absolute atomic E-state index is 12.4. The standard InChI is InChI=1S/C8H8ClF2N.ClH/c9-8(10,11)7-3-1-6(5-12)2-4-7;/h1-4H,5,12H2;1H. The van der Waals surface area contributed by atoms with E-state index in [0.717, 1.165) is 5.56 Å². The lowest BCUT2D eigenvalue weighted by atomic mass is 10.1. The summed E-state index contributed by atoms with van der Waals surface area (Å²) in [6, 6.07) is 5.61. The first-order chi connectivity index (χ1) is 5.54. The van der Waals surface area contributed by atoms with Crippen LogP contribution in [0.5, 0.6) is 0 Å². The first kappa shape index (κ1) is 12.6. The first-order valence-corrected chi connectivity index (χ1v) is 3.78. The van der Waals surface area contributed by atoms with Gasteiger partial charge in [-0.25, -0.2) is 0 Å². The van der Waals surface area contributed by atoms with Crippen molar-refractivity contribution in [3.63, 3.8) is 0 Å². The number of hydrogen-bond acceptors (Lipinski definition) is 1. The smallest absolute Gasteiger partial charge is 0.326 e. The summed E-state index contributed by atoms with van der Waals surface area (Å²) in [6.45, 7) is 0.341. The normalized spacial score (nSPS) is 10.8. The van der Waals surface area contributed by atoms with Crippen LogP contribution < -0.4 is 5.73 Å². The van der Waals surface area contributed by atoms with E-state index >= 15 is 0 Å². The van der Waals surface area contributed by atoms with Crippen molar-refractivity contribution in [2.45, 2.75) is 11.9 Å². The Morgan fingerprint density at radius 1 is 1.23 bits per heavy atom. The lowest BCUT2D eigenvalue weighted by molar-refractivity contribution is 0.0951. The van der Waals surface area contributed by atoms with E-state index in [0.29, 0.717) is 6.54 Å². The molecule has 0 aliphatic carbocycles. The maximum Gasteiger partial charge on any atom is 0.348 e. The van der Waals surface area contributed by atoms with E-state index in [-0.39, 0.29) is 18.0 Å². The molecule has 1 aromatic carbocycles. The fourth-order valence-corrected chi connectivity index (χ4v) is 0.956. The molecular weight excluding hydrogens is 219 g/mol. The zero-order valence-corrected chi connectivity index (χ0v) is 8.21. The lowest BCUT2D eigenvalue weighted by Gasteiger charge is -2.07. The quantitative estimate of drug-likeness (QED) is 0.774. The van der Waals surface area contributed by atoms with Crippen molar-refractivity contribution in [2.75, 3.05) is 0 Å². The molecule has 1 aromatic rings. The Labute approximate surface area is 86.3 Å². The molecule has 0 amide bonds. The van der Waals surface area contributed by atoms with E-state index in [1.54, 1.807) is 0 Å². The number of nitrogens with two attached hydrogens (primary N) is 1. The predicted octanol–water partition coefficient (Wildman–Crippen LogP) is 2.86. The molecule has 74 valence electrons. The summed E-state index contributed by atoms with van der Waals surface area (Å²) in [6.07, 6.45) is 0. The van der Waals surface area contributed by atoms with E-state index in [4.69, 9.17) is 17.3 Å². The van der Waals surface area contributed by atoms with Gasteiger partial charge in [0.1, 0.15) is 0 Å². The highest BCUT2D eigenvalue weighted by atomic mass is 35.5. The van der Waals surface area contributed by atoms with Gasteiger partial charge in [0.05, 0.1) is 0 Å². The average Bonchev–Trinajstić information content (AvgIpc) is 2.03. The molecule has 0 radical (unpaired) electrons. The Morgan fingerprint density at radius 2 is 1.69 bits per heavy atom. The second-order valence-electron chi connectivity index (χ2n) is 2.40. The molecule has 5 heteroatoms. The molecule has 1 nitrogen and oxygen atoms in total. The number of benzene rings is 1. The number of alkyl halides is 3. The van der Waals surface area contributed by atoms with Crippen molar-refractivity contribution in [1.82, 2.24) is 0 Å². The van der Waals surface area contributed by atoms with Crippen LogP contribution in [-0.4, -0.2) is 0 Å². The Balaban J connectivity index is 0.00000144. The molecule has 0 aromatic heterocycles. The fourth-order valence-electron chi connectivity index (χ4n) is 0.830. The molecule has 0 spiro atoms. The second-order valence-corrected chi connectivity index (χ2v) is 2.87. The largest absolute Gasteiger partial charge is 0.348 e. The van der Waals surface area contributed by atoms with Gasteiger partial charge in [0, 0.05) is 12.1 Å². The van der Waals surface area contributed by atoms with Gasteiger partial charge in [-0.3, -0.25) is 0 Å². The highest BCUT2D eigenvalue weighted by molar-refractivity contribution is 6.21. The van der Waals surface area contributed by atoms with Crippen LogP contribution in [0.4, 0.5) is 8.78 Å². The average molecular weight is 228 g/mol. The van der Waals surface area contributed by atoms with E-state index in [1.807, 2.05) is 0 Å². The molecule has 13 heavy (non-hydrogen) atoms. The summed E-state index contributed by atoms with van der Waals surface area (Å²) >= 11 is 4.79. The van der Waals surface area contributed by atoms with Gasteiger partial charge in [-0.1, -0.05) is 24.3 Å². The zero-order chi connectivity index (χ0) is 9.19. The van der Waals surface area contributed by atoms with Crippen LogP contribution >= 0.6 is 24.0 Å². The molecule has 0 aliphatic heterocycles. The van der Waals surface area contributed by atoms with Crippen molar-refractivity contribution in [3.05, 3.63) is 35.4 Å². The number of halogens is 4. The minimum Gasteiger partial charge on any atom is -0.326 e. The molecule has 0 fully saturated rings. The van der Waals surface area contributed by atoms with Gasteiger partial charge in [0.2, 0.25) is 0 Å². The summed E-state index contributed by atoms with van der Waals surface area (Å²) in [5, 5.41) is -3.28. The maximum atomic E-state index is 12.4. The van der Waals surface area contributed by atoms with Crippen molar-refractivity contribution in [3.8, 4) is 0 Å². The topological polar surface area (TPSA) is 26.0 Å². The Kier molecular flexibility index (Phi) is 4.61. The van der Waals surface area contributed by atoms with Crippen molar-refractivity contribution in [1.29, 1.82) is 0 Å². The molecule has 0 atom stereocenters. The van der Waals surface area contributed by atoms with Crippen LogP contribution in [0, 0.1) is 0 Å². The van der Waals surface area contributed by atoms with Crippen LogP contribution in [0.15, 0.2) is 24.3 Å². The molecule has 0 heterocycles. The fraction of sp³-hybridized carbons (Fsp3) is 0.250. The minimum atomic E-state index is -3.28. The molecular formula is C8H9Cl2F2N. The van der Waals surface area contributed by atoms with Crippen LogP contribution in [0.2, 0.25) is 0 Å². The van der Waals surface area contributed by atoms with Crippen molar-refractivity contribution < 1.29 is 8.78 Å². The second kappa shape index (κ2) is 4.74. The predicted molar refractivity (Wildman–Crippen MR) is 51.3 cm³/mol. The van der Waals surface area contributed by atoms with E-state index in [2.05, 4.69) is 0 Å². The number of hydrogen-bond donors (Lipinski definition) is 1. The van der Waals surface area contributed by atoms with Crippen LogP contribution in [0.25, 0.3) is 0 Å². The Bertz CT molecular complexity index is 256. The Morgan fingerprint density at radius 3 is 2.00 bits per heavy atom. The van der Waals surface area contributed by atoms with Gasteiger partial charge in [-0.05, 0) is 17.2 Å². The van der Waals surface area contributed by atoms with Gasteiger partial charge >= 0.3 is 5.38 Å². The third-order valence-corrected chi connectivity index (χ3v) is 1.74. The third-order valence-electron chi connectivity index (χ3n) is 1.52. The lowest BCUT2D eigenvalue weighted by Crippen LogP contribution is -2.03. The van der Waals surface area contributed by atoms with Crippen LogP contribution in [-0.2, 0) is 11.9 Å². The van der Waals surface area contributed by atoms with Gasteiger partial charge in [-0.2, -0.15) is 8.78 Å². The molecule has 2 N–H and O–H groups in total. The molecule has 0 saturated carbocycles. The number of rotatable bonds is 2. The van der Waals surface area contributed by atoms with Gasteiger partial charge in [0.15, 0.2) is 0 Å².